The number of hydrogen-bond donors (Lipinski definition) is 2. The highest BCUT2D eigenvalue weighted by Crippen LogP contribution is 2.28. The molecule has 1 aromatic rings. The molecule has 0 amide bonds. The lowest BCUT2D eigenvalue weighted by Gasteiger charge is -2.19. The molecule has 1 saturated heterocycles. The summed E-state index contributed by atoms with van der Waals surface area (Å²) in [6.45, 7) is 3.98. The normalized spacial score (nSPS) is 20.0. The van der Waals surface area contributed by atoms with Crippen LogP contribution in [0.1, 0.15) is 31.7 Å². The average molecular weight is 265 g/mol. The van der Waals surface area contributed by atoms with E-state index in [0.717, 1.165) is 19.5 Å². The van der Waals surface area contributed by atoms with Gasteiger partial charge in [0.1, 0.15) is 5.82 Å². The van der Waals surface area contributed by atoms with Crippen molar-refractivity contribution in [3.05, 3.63) is 29.6 Å². The summed E-state index contributed by atoms with van der Waals surface area (Å²) in [5.41, 5.74) is 6.45. The van der Waals surface area contributed by atoms with Crippen LogP contribution in [-0.2, 0) is 0 Å². The van der Waals surface area contributed by atoms with E-state index < -0.39 is 0 Å². The topological polar surface area (TPSA) is 61.8 Å². The minimum Gasteiger partial charge on any atom is -0.409 e. The second kappa shape index (κ2) is 5.91. The number of amidine groups is 1. The predicted octanol–water partition coefficient (Wildman–Crippen LogP) is 2.55. The third kappa shape index (κ3) is 2.97. The molecule has 5 heteroatoms. The number of anilines is 1. The van der Waals surface area contributed by atoms with Crippen LogP contribution in [0, 0.1) is 11.7 Å². The first-order valence-corrected chi connectivity index (χ1v) is 6.68. The number of hydrogen-bond acceptors (Lipinski definition) is 3. The zero-order chi connectivity index (χ0) is 13.8. The van der Waals surface area contributed by atoms with Gasteiger partial charge in [-0.15, -0.1) is 0 Å². The molecule has 1 aromatic carbocycles. The van der Waals surface area contributed by atoms with Crippen LogP contribution in [-0.4, -0.2) is 24.1 Å². The summed E-state index contributed by atoms with van der Waals surface area (Å²) in [5.74, 6) is 0.269. The lowest BCUT2D eigenvalue weighted by Crippen LogP contribution is -2.21. The van der Waals surface area contributed by atoms with Gasteiger partial charge in [0.05, 0.1) is 5.69 Å². The van der Waals surface area contributed by atoms with Gasteiger partial charge in [0.2, 0.25) is 0 Å². The van der Waals surface area contributed by atoms with Crippen LogP contribution in [0.4, 0.5) is 10.1 Å². The van der Waals surface area contributed by atoms with Gasteiger partial charge in [-0.3, -0.25) is 0 Å². The first-order chi connectivity index (χ1) is 9.15. The van der Waals surface area contributed by atoms with Crippen molar-refractivity contribution in [1.29, 1.82) is 0 Å². The van der Waals surface area contributed by atoms with Gasteiger partial charge in [0, 0.05) is 18.7 Å². The molecule has 104 valence electrons. The highest BCUT2D eigenvalue weighted by molar-refractivity contribution is 5.97. The van der Waals surface area contributed by atoms with Gasteiger partial charge in [0.25, 0.3) is 0 Å². The fourth-order valence-electron chi connectivity index (χ4n) is 2.68. The molecule has 1 unspecified atom stereocenters. The molecule has 1 aliphatic heterocycles. The lowest BCUT2D eigenvalue weighted by atomic mass is 10.0. The van der Waals surface area contributed by atoms with E-state index in [1.54, 1.807) is 12.1 Å². The second-order valence-corrected chi connectivity index (χ2v) is 5.04. The van der Waals surface area contributed by atoms with Crippen molar-refractivity contribution < 1.29 is 9.60 Å². The molecule has 0 bridgehead atoms. The minimum absolute atomic E-state index is 0.0734. The van der Waals surface area contributed by atoms with E-state index in [1.807, 2.05) is 0 Å². The van der Waals surface area contributed by atoms with Crippen molar-refractivity contribution >= 4 is 11.5 Å². The Labute approximate surface area is 112 Å². The van der Waals surface area contributed by atoms with Gasteiger partial charge < -0.3 is 15.8 Å². The van der Waals surface area contributed by atoms with E-state index in [1.165, 1.54) is 18.9 Å². The standard InChI is InChI=1S/C14H20FN3O/c1-2-3-10-6-7-18(9-10)13-5-4-11(8-12(13)15)14(16)17-19/h4-5,8,10,19H,2-3,6-7,9H2,1H3,(H2,16,17). The Kier molecular flexibility index (Phi) is 4.24. The second-order valence-electron chi connectivity index (χ2n) is 5.04. The van der Waals surface area contributed by atoms with Crippen LogP contribution in [0.15, 0.2) is 23.4 Å². The molecule has 0 saturated carbocycles. The summed E-state index contributed by atoms with van der Waals surface area (Å²) in [4.78, 5) is 2.08. The maximum atomic E-state index is 14.1. The maximum Gasteiger partial charge on any atom is 0.170 e. The van der Waals surface area contributed by atoms with Gasteiger partial charge in [-0.2, -0.15) is 0 Å². The number of rotatable bonds is 4. The first kappa shape index (κ1) is 13.6. The molecule has 19 heavy (non-hydrogen) atoms. The van der Waals surface area contributed by atoms with Crippen LogP contribution in [0.3, 0.4) is 0 Å². The van der Waals surface area contributed by atoms with Crippen molar-refractivity contribution in [1.82, 2.24) is 0 Å². The van der Waals surface area contributed by atoms with E-state index >= 15 is 0 Å². The molecule has 1 atom stereocenters. The molecular weight excluding hydrogens is 245 g/mol. The summed E-state index contributed by atoms with van der Waals surface area (Å²) >= 11 is 0. The lowest BCUT2D eigenvalue weighted by molar-refractivity contribution is 0.318. The van der Waals surface area contributed by atoms with Gasteiger partial charge in [-0.05, 0) is 37.0 Å². The number of oxime groups is 1. The molecule has 1 aliphatic rings. The van der Waals surface area contributed by atoms with E-state index in [-0.39, 0.29) is 11.7 Å². The molecule has 0 aromatic heterocycles. The Morgan fingerprint density at radius 3 is 3.00 bits per heavy atom. The maximum absolute atomic E-state index is 14.1. The Morgan fingerprint density at radius 2 is 2.37 bits per heavy atom. The number of benzene rings is 1. The Hall–Kier alpha value is -1.78. The van der Waals surface area contributed by atoms with E-state index in [9.17, 15) is 4.39 Å². The minimum atomic E-state index is -0.318. The highest BCUT2D eigenvalue weighted by atomic mass is 19.1. The van der Waals surface area contributed by atoms with Crippen LogP contribution < -0.4 is 10.6 Å². The SMILES string of the molecule is CCCC1CCN(c2ccc(/C(N)=N/O)cc2F)C1. The highest BCUT2D eigenvalue weighted by Gasteiger charge is 2.24. The van der Waals surface area contributed by atoms with E-state index in [0.29, 0.717) is 17.2 Å². The van der Waals surface area contributed by atoms with Crippen LogP contribution in [0.2, 0.25) is 0 Å². The quantitative estimate of drug-likeness (QED) is 0.380. The molecule has 4 nitrogen and oxygen atoms in total. The summed E-state index contributed by atoms with van der Waals surface area (Å²) in [6, 6.07) is 4.70. The van der Waals surface area contributed by atoms with Crippen molar-refractivity contribution in [3.63, 3.8) is 0 Å². The van der Waals surface area contributed by atoms with Crippen molar-refractivity contribution in [2.75, 3.05) is 18.0 Å². The third-order valence-electron chi connectivity index (χ3n) is 3.67. The van der Waals surface area contributed by atoms with E-state index in [4.69, 9.17) is 10.9 Å². The Balaban J connectivity index is 2.14. The van der Waals surface area contributed by atoms with Gasteiger partial charge in [0.15, 0.2) is 5.84 Å². The molecule has 0 aliphatic carbocycles. The molecule has 1 fully saturated rings. The van der Waals surface area contributed by atoms with Crippen LogP contribution in [0.5, 0.6) is 0 Å². The van der Waals surface area contributed by atoms with Gasteiger partial charge in [-0.25, -0.2) is 4.39 Å². The largest absolute Gasteiger partial charge is 0.409 e. The summed E-state index contributed by atoms with van der Waals surface area (Å²) < 4.78 is 14.1. The van der Waals surface area contributed by atoms with Crippen molar-refractivity contribution in [3.8, 4) is 0 Å². The molecule has 0 spiro atoms. The first-order valence-electron chi connectivity index (χ1n) is 6.68. The number of nitrogens with two attached hydrogens (primary N) is 1. The third-order valence-corrected chi connectivity index (χ3v) is 3.67. The van der Waals surface area contributed by atoms with E-state index in [2.05, 4.69) is 17.0 Å². The fourth-order valence-corrected chi connectivity index (χ4v) is 2.68. The zero-order valence-electron chi connectivity index (χ0n) is 11.1. The molecule has 2 rings (SSSR count). The molecule has 0 radical (unpaired) electrons. The monoisotopic (exact) mass is 265 g/mol. The fraction of sp³-hybridized carbons (Fsp3) is 0.500. The van der Waals surface area contributed by atoms with Gasteiger partial charge >= 0.3 is 0 Å². The summed E-state index contributed by atoms with van der Waals surface area (Å²) in [7, 11) is 0. The molecule has 1 heterocycles. The zero-order valence-corrected chi connectivity index (χ0v) is 11.1. The number of halogens is 1. The predicted molar refractivity (Wildman–Crippen MR) is 74.1 cm³/mol. The van der Waals surface area contributed by atoms with Crippen LogP contribution >= 0.6 is 0 Å². The Morgan fingerprint density at radius 1 is 1.58 bits per heavy atom. The Bertz CT molecular complexity index is 476. The smallest absolute Gasteiger partial charge is 0.170 e. The average Bonchev–Trinajstić information content (AvgIpc) is 2.86. The van der Waals surface area contributed by atoms with Crippen molar-refractivity contribution in [2.24, 2.45) is 16.8 Å². The van der Waals surface area contributed by atoms with Crippen molar-refractivity contribution in [2.45, 2.75) is 26.2 Å². The molecule has 3 N–H and O–H groups in total. The molecular formula is C14H20FN3O. The summed E-state index contributed by atoms with van der Waals surface area (Å²) in [5, 5.41) is 11.5. The van der Waals surface area contributed by atoms with Crippen LogP contribution in [0.25, 0.3) is 0 Å². The summed E-state index contributed by atoms with van der Waals surface area (Å²) in [6.07, 6.45) is 3.49. The number of nitrogens with zero attached hydrogens (tertiary/aromatic N) is 2. The van der Waals surface area contributed by atoms with Gasteiger partial charge in [-0.1, -0.05) is 18.5 Å².